The van der Waals surface area contributed by atoms with Crippen molar-refractivity contribution in [2.45, 2.75) is 32.3 Å². The predicted molar refractivity (Wildman–Crippen MR) is 113 cm³/mol. The van der Waals surface area contributed by atoms with E-state index in [9.17, 15) is 4.79 Å². The fourth-order valence-corrected chi connectivity index (χ4v) is 3.17. The van der Waals surface area contributed by atoms with E-state index >= 15 is 0 Å². The zero-order valence-corrected chi connectivity index (χ0v) is 17.6. The summed E-state index contributed by atoms with van der Waals surface area (Å²) in [5.41, 5.74) is 0.300. The number of hydrogen-bond acceptors (Lipinski definition) is 4. The van der Waals surface area contributed by atoms with Crippen LogP contribution in [-0.2, 0) is 19.9 Å². The van der Waals surface area contributed by atoms with Crippen LogP contribution < -0.4 is 0 Å². The highest BCUT2D eigenvalue weighted by Gasteiger charge is 2.45. The zero-order valence-electron chi connectivity index (χ0n) is 17.6. The van der Waals surface area contributed by atoms with Gasteiger partial charge in [-0.25, -0.2) is 4.79 Å². The summed E-state index contributed by atoms with van der Waals surface area (Å²) < 4.78 is 12.2. The van der Waals surface area contributed by atoms with Crippen LogP contribution in [0.4, 0.5) is 0 Å². The number of esters is 1. The van der Waals surface area contributed by atoms with E-state index in [-0.39, 0.29) is 5.97 Å². The van der Waals surface area contributed by atoms with E-state index in [1.54, 1.807) is 0 Å². The number of rotatable bonds is 11. The van der Waals surface area contributed by atoms with Crippen molar-refractivity contribution in [3.05, 3.63) is 71.8 Å². The molecule has 0 heterocycles. The highest BCUT2D eigenvalue weighted by molar-refractivity contribution is 5.85. The summed E-state index contributed by atoms with van der Waals surface area (Å²) in [7, 11) is 3.98. The molecule has 0 aliphatic carbocycles. The lowest BCUT2D eigenvalue weighted by Crippen LogP contribution is -2.43. The molecule has 0 aliphatic rings. The molecule has 4 heteroatoms. The van der Waals surface area contributed by atoms with Gasteiger partial charge in [0.2, 0.25) is 5.60 Å². The summed E-state index contributed by atoms with van der Waals surface area (Å²) in [6.07, 6.45) is 1.96. The third-order valence-electron chi connectivity index (χ3n) is 5.11. The molecule has 0 spiro atoms. The first-order valence-electron chi connectivity index (χ1n) is 10.1. The Hall–Kier alpha value is -2.17. The molecule has 28 heavy (non-hydrogen) atoms. The lowest BCUT2D eigenvalue weighted by molar-refractivity contribution is -0.170. The van der Waals surface area contributed by atoms with Crippen LogP contribution in [0.3, 0.4) is 0 Å². The van der Waals surface area contributed by atoms with Crippen LogP contribution in [0.25, 0.3) is 0 Å². The van der Waals surface area contributed by atoms with Crippen LogP contribution in [-0.4, -0.2) is 44.7 Å². The smallest absolute Gasteiger partial charge is 0.347 e. The number of likely N-dealkylation sites (N-methyl/N-ethyl adjacent to an activating group) is 1. The Balaban J connectivity index is 2.45. The molecule has 4 nitrogen and oxygen atoms in total. The van der Waals surface area contributed by atoms with Crippen molar-refractivity contribution in [2.75, 3.05) is 33.9 Å². The van der Waals surface area contributed by atoms with Crippen LogP contribution in [0, 0.1) is 5.92 Å². The molecule has 0 radical (unpaired) electrons. The van der Waals surface area contributed by atoms with Gasteiger partial charge in [-0.2, -0.15) is 0 Å². The molecular formula is C24H33NO3. The van der Waals surface area contributed by atoms with Gasteiger partial charge in [-0.15, -0.1) is 0 Å². The number of carbonyl (C=O) groups excluding carboxylic acids is 1. The summed E-state index contributed by atoms with van der Waals surface area (Å²) in [5, 5.41) is 0. The number of ether oxygens (including phenoxy) is 2. The normalized spacial score (nSPS) is 11.8. The Morgan fingerprint density at radius 3 is 1.86 bits per heavy atom. The zero-order chi connectivity index (χ0) is 20.4. The van der Waals surface area contributed by atoms with Crippen LogP contribution in [0.2, 0.25) is 0 Å². The summed E-state index contributed by atoms with van der Waals surface area (Å²) in [6.45, 7) is 5.77. The second kappa shape index (κ2) is 11.0. The van der Waals surface area contributed by atoms with E-state index in [0.717, 1.165) is 24.0 Å². The van der Waals surface area contributed by atoms with Gasteiger partial charge in [-0.3, -0.25) is 0 Å². The Bertz CT molecular complexity index is 657. The maximum absolute atomic E-state index is 13.5. The van der Waals surface area contributed by atoms with Crippen molar-refractivity contribution >= 4 is 5.97 Å². The topological polar surface area (TPSA) is 38.8 Å². The number of hydrogen-bond donors (Lipinski definition) is 0. The molecule has 0 N–H and O–H groups in total. The van der Waals surface area contributed by atoms with Crippen molar-refractivity contribution in [3.8, 4) is 0 Å². The summed E-state index contributed by atoms with van der Waals surface area (Å²) in [6, 6.07) is 19.3. The van der Waals surface area contributed by atoms with Crippen molar-refractivity contribution in [1.29, 1.82) is 0 Å². The minimum absolute atomic E-state index is 0.351. The third-order valence-corrected chi connectivity index (χ3v) is 5.11. The van der Waals surface area contributed by atoms with E-state index in [1.165, 1.54) is 0 Å². The van der Waals surface area contributed by atoms with Crippen molar-refractivity contribution in [3.63, 3.8) is 0 Å². The average molecular weight is 384 g/mol. The van der Waals surface area contributed by atoms with Gasteiger partial charge in [0, 0.05) is 6.54 Å². The van der Waals surface area contributed by atoms with Gasteiger partial charge >= 0.3 is 5.97 Å². The van der Waals surface area contributed by atoms with Gasteiger partial charge in [0.1, 0.15) is 0 Å². The Morgan fingerprint density at radius 1 is 0.929 bits per heavy atom. The van der Waals surface area contributed by atoms with Gasteiger partial charge in [0.25, 0.3) is 0 Å². The molecule has 2 aromatic carbocycles. The lowest BCUT2D eigenvalue weighted by atomic mass is 9.86. The molecule has 0 atom stereocenters. The van der Waals surface area contributed by atoms with Crippen molar-refractivity contribution < 1.29 is 14.3 Å². The summed E-state index contributed by atoms with van der Waals surface area (Å²) in [4.78, 5) is 15.6. The van der Waals surface area contributed by atoms with E-state index in [2.05, 4.69) is 13.8 Å². The Morgan fingerprint density at radius 2 is 1.43 bits per heavy atom. The fourth-order valence-electron chi connectivity index (χ4n) is 3.17. The van der Waals surface area contributed by atoms with E-state index < -0.39 is 5.60 Å². The monoisotopic (exact) mass is 383 g/mol. The molecule has 0 saturated heterocycles. The summed E-state index contributed by atoms with van der Waals surface area (Å²) in [5.74, 6) is 0.00512. The molecule has 0 unspecified atom stereocenters. The van der Waals surface area contributed by atoms with Crippen molar-refractivity contribution in [1.82, 2.24) is 4.90 Å². The fraction of sp³-hybridized carbons (Fsp3) is 0.458. The quantitative estimate of drug-likeness (QED) is 0.536. The minimum Gasteiger partial charge on any atom is -0.463 e. The SMILES string of the molecule is CCC(CC)COC(=O)C(OCCN(C)C)(c1ccccc1)c1ccccc1. The van der Waals surface area contributed by atoms with Gasteiger partial charge in [0.05, 0.1) is 13.2 Å². The maximum Gasteiger partial charge on any atom is 0.347 e. The van der Waals surface area contributed by atoms with Crippen molar-refractivity contribution in [2.24, 2.45) is 5.92 Å². The molecule has 0 aromatic heterocycles. The van der Waals surface area contributed by atoms with Gasteiger partial charge in [0.15, 0.2) is 0 Å². The molecular weight excluding hydrogens is 350 g/mol. The van der Waals surface area contributed by atoms with E-state index in [1.807, 2.05) is 79.7 Å². The molecule has 0 amide bonds. The molecule has 2 aromatic rings. The molecule has 0 saturated carbocycles. The number of benzene rings is 2. The first-order chi connectivity index (χ1) is 13.5. The first kappa shape index (κ1) is 22.1. The molecule has 152 valence electrons. The molecule has 0 bridgehead atoms. The summed E-state index contributed by atoms with van der Waals surface area (Å²) >= 11 is 0. The van der Waals surface area contributed by atoms with Gasteiger partial charge < -0.3 is 14.4 Å². The van der Waals surface area contributed by atoms with Crippen LogP contribution in [0.1, 0.15) is 37.8 Å². The van der Waals surface area contributed by atoms with E-state index in [4.69, 9.17) is 9.47 Å². The first-order valence-corrected chi connectivity index (χ1v) is 10.1. The number of carbonyl (C=O) groups is 1. The standard InChI is InChI=1S/C24H33NO3/c1-5-20(6-2)19-27-23(26)24(28-18-17-25(3)4,21-13-9-7-10-14-21)22-15-11-8-12-16-22/h7-16,20H,5-6,17-19H2,1-4H3. The molecule has 0 fully saturated rings. The number of nitrogens with zero attached hydrogens (tertiary/aromatic N) is 1. The van der Waals surface area contributed by atoms with Crippen LogP contribution >= 0.6 is 0 Å². The Labute approximate surface area is 169 Å². The highest BCUT2D eigenvalue weighted by atomic mass is 16.6. The molecule has 0 aliphatic heterocycles. The second-order valence-corrected chi connectivity index (χ2v) is 7.35. The predicted octanol–water partition coefficient (Wildman–Crippen LogP) is 4.49. The minimum atomic E-state index is -1.27. The van der Waals surface area contributed by atoms with Gasteiger partial charge in [-0.1, -0.05) is 87.4 Å². The molecule has 2 rings (SSSR count). The average Bonchev–Trinajstić information content (AvgIpc) is 2.73. The third kappa shape index (κ3) is 5.43. The Kier molecular flexibility index (Phi) is 8.68. The van der Waals surface area contributed by atoms with Crippen LogP contribution in [0.15, 0.2) is 60.7 Å². The lowest BCUT2D eigenvalue weighted by Gasteiger charge is -2.33. The second-order valence-electron chi connectivity index (χ2n) is 7.35. The van der Waals surface area contributed by atoms with Gasteiger partial charge in [-0.05, 0) is 31.1 Å². The largest absolute Gasteiger partial charge is 0.463 e. The van der Waals surface area contributed by atoms with Crippen LogP contribution in [0.5, 0.6) is 0 Å². The highest BCUT2D eigenvalue weighted by Crippen LogP contribution is 2.35. The van der Waals surface area contributed by atoms with E-state index in [0.29, 0.717) is 25.7 Å². The maximum atomic E-state index is 13.5.